The molecule has 8 heteroatoms. The van der Waals surface area contributed by atoms with Crippen LogP contribution in [0.4, 0.5) is 4.39 Å². The van der Waals surface area contributed by atoms with Crippen LogP contribution in [0.15, 0.2) is 41.7 Å². The Morgan fingerprint density at radius 2 is 1.89 bits per heavy atom. The molecule has 1 aromatic heterocycles. The molecule has 6 nitrogen and oxygen atoms in total. The predicted molar refractivity (Wildman–Crippen MR) is 101 cm³/mol. The van der Waals surface area contributed by atoms with Gasteiger partial charge in [-0.05, 0) is 44.5 Å². The lowest BCUT2D eigenvalue weighted by molar-refractivity contribution is 0.476. The monoisotopic (exact) mass is 386 g/mol. The summed E-state index contributed by atoms with van der Waals surface area (Å²) in [7, 11) is -3.65. The van der Waals surface area contributed by atoms with E-state index < -0.39 is 25.9 Å². The number of benzene rings is 1. The molecule has 0 radical (unpaired) electrons. The smallest absolute Gasteiger partial charge is 0.165 e. The van der Waals surface area contributed by atoms with Gasteiger partial charge in [-0.3, -0.25) is 9.98 Å². The maximum atomic E-state index is 14.7. The lowest BCUT2D eigenvalue weighted by Gasteiger charge is -2.38. The Morgan fingerprint density at radius 1 is 1.19 bits per heavy atom. The molecule has 27 heavy (non-hydrogen) atoms. The van der Waals surface area contributed by atoms with E-state index >= 15 is 0 Å². The molecule has 0 aliphatic carbocycles. The summed E-state index contributed by atoms with van der Waals surface area (Å²) < 4.78 is 38.8. The number of aromatic nitrogens is 1. The third-order valence-electron chi connectivity index (χ3n) is 4.98. The van der Waals surface area contributed by atoms with Crippen molar-refractivity contribution in [1.29, 1.82) is 5.26 Å². The van der Waals surface area contributed by atoms with Crippen LogP contribution in [0.1, 0.15) is 31.9 Å². The molecular weight excluding hydrogens is 367 g/mol. The standard InChI is InChI=1S/C19H19FN4O2S/c1-18(2)17(22)24-19(3,11-27(18,25)26)15-7-13(4-5-16(15)20)14-6-12(8-21)9-23-10-14/h4-7,9-10H,11H2,1-3H3,(H2,22,24)/t19-/m0/s1. The number of hydrogen-bond donors (Lipinski definition) is 1. The molecule has 1 atom stereocenters. The minimum absolute atomic E-state index is 0.0470. The van der Waals surface area contributed by atoms with Gasteiger partial charge >= 0.3 is 0 Å². The van der Waals surface area contributed by atoms with Gasteiger partial charge in [0.05, 0.1) is 11.3 Å². The molecule has 1 aliphatic rings. The minimum Gasteiger partial charge on any atom is -0.386 e. The second-order valence-corrected chi connectivity index (χ2v) is 9.85. The third-order valence-corrected chi connectivity index (χ3v) is 7.69. The molecule has 3 rings (SSSR count). The Morgan fingerprint density at radius 3 is 2.52 bits per heavy atom. The van der Waals surface area contributed by atoms with E-state index in [9.17, 15) is 12.8 Å². The maximum Gasteiger partial charge on any atom is 0.165 e. The van der Waals surface area contributed by atoms with Crippen molar-refractivity contribution in [2.45, 2.75) is 31.1 Å². The lowest BCUT2D eigenvalue weighted by Crippen LogP contribution is -2.54. The molecule has 0 saturated heterocycles. The normalized spacial score (nSPS) is 23.3. The highest BCUT2D eigenvalue weighted by Crippen LogP contribution is 2.39. The maximum absolute atomic E-state index is 14.7. The van der Waals surface area contributed by atoms with Gasteiger partial charge in [-0.15, -0.1) is 0 Å². The summed E-state index contributed by atoms with van der Waals surface area (Å²) in [6.45, 7) is 4.54. The average Bonchev–Trinajstić information content (AvgIpc) is 2.60. The summed E-state index contributed by atoms with van der Waals surface area (Å²) in [6.07, 6.45) is 2.98. The molecule has 140 valence electrons. The van der Waals surface area contributed by atoms with Gasteiger partial charge < -0.3 is 5.73 Å². The first-order valence-electron chi connectivity index (χ1n) is 8.24. The number of nitrogens with two attached hydrogens (primary N) is 1. The number of amidine groups is 1. The molecule has 2 aromatic rings. The molecule has 1 aliphatic heterocycles. The van der Waals surface area contributed by atoms with Crippen molar-refractivity contribution in [1.82, 2.24) is 4.98 Å². The van der Waals surface area contributed by atoms with Crippen molar-refractivity contribution in [3.8, 4) is 17.2 Å². The van der Waals surface area contributed by atoms with E-state index in [0.717, 1.165) is 0 Å². The fourth-order valence-electron chi connectivity index (χ4n) is 3.06. The summed E-state index contributed by atoms with van der Waals surface area (Å²) in [5.74, 6) is -0.976. The Kier molecular flexibility index (Phi) is 4.31. The van der Waals surface area contributed by atoms with Crippen LogP contribution in [-0.2, 0) is 15.4 Å². The number of halogens is 1. The first kappa shape index (κ1) is 19.0. The van der Waals surface area contributed by atoms with Crippen LogP contribution in [0, 0.1) is 17.1 Å². The van der Waals surface area contributed by atoms with Crippen molar-refractivity contribution in [3.63, 3.8) is 0 Å². The fraction of sp³-hybridized carbons (Fsp3) is 0.316. The predicted octanol–water partition coefficient (Wildman–Crippen LogP) is 2.54. The highest BCUT2D eigenvalue weighted by atomic mass is 32.2. The number of rotatable bonds is 2. The molecule has 2 N–H and O–H groups in total. The van der Waals surface area contributed by atoms with Crippen LogP contribution in [-0.4, -0.2) is 29.7 Å². The average molecular weight is 386 g/mol. The molecule has 0 spiro atoms. The summed E-state index contributed by atoms with van der Waals surface area (Å²) in [6, 6.07) is 7.98. The number of pyridine rings is 1. The summed E-state index contributed by atoms with van der Waals surface area (Å²) in [4.78, 5) is 8.38. The Labute approximate surface area is 157 Å². The van der Waals surface area contributed by atoms with Gasteiger partial charge in [-0.1, -0.05) is 6.07 Å². The van der Waals surface area contributed by atoms with Crippen LogP contribution in [0.2, 0.25) is 0 Å². The zero-order chi connectivity index (χ0) is 20.0. The molecule has 0 unspecified atom stereocenters. The van der Waals surface area contributed by atoms with Crippen LogP contribution >= 0.6 is 0 Å². The Bertz CT molecular complexity index is 1100. The van der Waals surface area contributed by atoms with E-state index in [0.29, 0.717) is 16.7 Å². The topological polar surface area (TPSA) is 109 Å². The molecule has 0 saturated carbocycles. The van der Waals surface area contributed by atoms with Crippen molar-refractivity contribution in [2.75, 3.05) is 5.75 Å². The van der Waals surface area contributed by atoms with Crippen molar-refractivity contribution in [2.24, 2.45) is 10.7 Å². The van der Waals surface area contributed by atoms with Crippen molar-refractivity contribution in [3.05, 3.63) is 53.6 Å². The van der Waals surface area contributed by atoms with E-state index in [4.69, 9.17) is 11.0 Å². The van der Waals surface area contributed by atoms with Gasteiger partial charge in [0.15, 0.2) is 9.84 Å². The van der Waals surface area contributed by atoms with Gasteiger partial charge in [-0.2, -0.15) is 5.26 Å². The quantitative estimate of drug-likeness (QED) is 0.853. The van der Waals surface area contributed by atoms with Crippen molar-refractivity contribution < 1.29 is 12.8 Å². The van der Waals surface area contributed by atoms with Gasteiger partial charge in [0, 0.05) is 23.5 Å². The van der Waals surface area contributed by atoms with E-state index in [2.05, 4.69) is 9.98 Å². The number of nitriles is 1. The molecular formula is C19H19FN4O2S. The highest BCUT2D eigenvalue weighted by molar-refractivity contribution is 7.93. The van der Waals surface area contributed by atoms with Crippen LogP contribution in [0.5, 0.6) is 0 Å². The highest BCUT2D eigenvalue weighted by Gasteiger charge is 2.49. The molecule has 0 bridgehead atoms. The van der Waals surface area contributed by atoms with E-state index in [-0.39, 0.29) is 17.2 Å². The zero-order valence-electron chi connectivity index (χ0n) is 15.2. The number of aliphatic imine (C=N–C) groups is 1. The Balaban J connectivity index is 2.18. The Hall–Kier alpha value is -2.79. The van der Waals surface area contributed by atoms with E-state index in [1.54, 1.807) is 25.3 Å². The van der Waals surface area contributed by atoms with Crippen molar-refractivity contribution >= 4 is 15.7 Å². The molecule has 0 fully saturated rings. The van der Waals surface area contributed by atoms with Gasteiger partial charge in [0.25, 0.3) is 0 Å². The molecule has 0 amide bonds. The summed E-state index contributed by atoms with van der Waals surface area (Å²) >= 11 is 0. The zero-order valence-corrected chi connectivity index (χ0v) is 16.0. The second kappa shape index (κ2) is 6.13. The van der Waals surface area contributed by atoms with Gasteiger partial charge in [-0.25, -0.2) is 12.8 Å². The fourth-order valence-corrected chi connectivity index (χ4v) is 4.74. The minimum atomic E-state index is -3.65. The molecule has 1 aromatic carbocycles. The van der Waals surface area contributed by atoms with Crippen LogP contribution in [0.3, 0.4) is 0 Å². The van der Waals surface area contributed by atoms with Crippen LogP contribution < -0.4 is 5.73 Å². The first-order valence-corrected chi connectivity index (χ1v) is 9.89. The van der Waals surface area contributed by atoms with Gasteiger partial charge in [0.1, 0.15) is 28.0 Å². The lowest BCUT2D eigenvalue weighted by atomic mass is 9.90. The summed E-state index contributed by atoms with van der Waals surface area (Å²) in [5.41, 5.74) is 6.32. The largest absolute Gasteiger partial charge is 0.386 e. The van der Waals surface area contributed by atoms with E-state index in [1.807, 2.05) is 6.07 Å². The van der Waals surface area contributed by atoms with Crippen LogP contribution in [0.25, 0.3) is 11.1 Å². The number of hydrogen-bond acceptors (Lipinski definition) is 6. The summed E-state index contributed by atoms with van der Waals surface area (Å²) in [5, 5.41) is 9.04. The van der Waals surface area contributed by atoms with Gasteiger partial charge in [0.2, 0.25) is 0 Å². The molecule has 2 heterocycles. The SMILES string of the molecule is CC1(C)C(N)=N[C@](C)(c2cc(-c3cncc(C#N)c3)ccc2F)CS1(=O)=O. The second-order valence-electron chi connectivity index (χ2n) is 7.31. The third kappa shape index (κ3) is 3.08. The number of sulfone groups is 1. The van der Waals surface area contributed by atoms with E-state index in [1.165, 1.54) is 32.2 Å². The number of nitrogens with zero attached hydrogens (tertiary/aromatic N) is 3. The first-order chi connectivity index (χ1) is 12.5.